The second-order valence-electron chi connectivity index (χ2n) is 5.17. The number of hydrogen-bond donors (Lipinski definition) is 1. The third-order valence-electron chi connectivity index (χ3n) is 3.54. The van der Waals surface area contributed by atoms with Crippen molar-refractivity contribution in [2.45, 2.75) is 11.4 Å². The summed E-state index contributed by atoms with van der Waals surface area (Å²) in [5.74, 6) is -0.516. The molecule has 0 radical (unpaired) electrons. The number of halogens is 1. The van der Waals surface area contributed by atoms with Crippen LogP contribution in [0.25, 0.3) is 5.65 Å². The van der Waals surface area contributed by atoms with E-state index in [2.05, 4.69) is 10.3 Å². The minimum atomic E-state index is -0.564. The maximum Gasteiger partial charge on any atom is 0.282 e. The zero-order valence-electron chi connectivity index (χ0n) is 13.1. The van der Waals surface area contributed by atoms with Crippen molar-refractivity contribution in [1.82, 2.24) is 14.7 Å². The van der Waals surface area contributed by atoms with E-state index in [0.29, 0.717) is 16.4 Å². The van der Waals surface area contributed by atoms with Gasteiger partial charge in [-0.1, -0.05) is 11.6 Å². The minimum Gasteiger partial charge on any atom is -0.346 e. The monoisotopic (exact) mass is 376 g/mol. The molecule has 7 nitrogen and oxygen atoms in total. The van der Waals surface area contributed by atoms with Gasteiger partial charge < -0.3 is 9.72 Å². The van der Waals surface area contributed by atoms with E-state index in [1.54, 1.807) is 35.0 Å². The Hall–Kier alpha value is -2.58. The molecular formula is C16H13ClN4O3S. The van der Waals surface area contributed by atoms with Gasteiger partial charge in [-0.25, -0.2) is 4.98 Å². The van der Waals surface area contributed by atoms with Crippen molar-refractivity contribution in [3.8, 4) is 0 Å². The molecule has 0 bridgehead atoms. The van der Waals surface area contributed by atoms with Gasteiger partial charge in [0.2, 0.25) is 0 Å². The number of carbonyl (C=O) groups is 1. The summed E-state index contributed by atoms with van der Waals surface area (Å²) in [6.45, 7) is 0.152. The molecule has 1 N–H and O–H groups in total. The maximum absolute atomic E-state index is 12.4. The third-order valence-corrected chi connectivity index (χ3v) is 4.49. The molecule has 3 rings (SSSR count). The molecule has 0 spiro atoms. The summed E-state index contributed by atoms with van der Waals surface area (Å²) in [4.78, 5) is 28.1. The predicted molar refractivity (Wildman–Crippen MR) is 96.2 cm³/mol. The number of benzene rings is 1. The molecule has 9 heteroatoms. The van der Waals surface area contributed by atoms with Crippen LogP contribution in [-0.4, -0.2) is 26.5 Å². The number of amides is 1. The molecule has 128 valence electrons. The first-order valence-corrected chi connectivity index (χ1v) is 8.82. The van der Waals surface area contributed by atoms with Crippen molar-refractivity contribution in [1.29, 1.82) is 0 Å². The Balaban J connectivity index is 1.80. The second-order valence-corrected chi connectivity index (χ2v) is 6.48. The Labute approximate surface area is 152 Å². The molecule has 2 aromatic heterocycles. The molecule has 2 heterocycles. The predicted octanol–water partition coefficient (Wildman–Crippen LogP) is 3.55. The van der Waals surface area contributed by atoms with Crippen LogP contribution < -0.4 is 5.32 Å². The number of nitrogens with zero attached hydrogens (tertiary/aromatic N) is 3. The maximum atomic E-state index is 12.4. The number of nitrogens with one attached hydrogen (secondary N) is 1. The highest BCUT2D eigenvalue weighted by molar-refractivity contribution is 7.98. The molecule has 1 aromatic carbocycles. The van der Waals surface area contributed by atoms with E-state index >= 15 is 0 Å². The molecule has 0 unspecified atom stereocenters. The highest BCUT2D eigenvalue weighted by Gasteiger charge is 2.20. The van der Waals surface area contributed by atoms with Crippen molar-refractivity contribution in [3.63, 3.8) is 0 Å². The zero-order chi connectivity index (χ0) is 18.0. The van der Waals surface area contributed by atoms with E-state index < -0.39 is 10.8 Å². The lowest BCUT2D eigenvalue weighted by atomic mass is 10.1. The summed E-state index contributed by atoms with van der Waals surface area (Å²) >= 11 is 7.34. The van der Waals surface area contributed by atoms with Crippen LogP contribution in [0.4, 0.5) is 5.69 Å². The molecular weight excluding hydrogens is 364 g/mol. The van der Waals surface area contributed by atoms with Gasteiger partial charge >= 0.3 is 0 Å². The average Bonchev–Trinajstić information content (AvgIpc) is 3.00. The number of imidazole rings is 1. The Morgan fingerprint density at radius 2 is 2.16 bits per heavy atom. The zero-order valence-corrected chi connectivity index (χ0v) is 14.7. The Bertz CT molecular complexity index is 973. The Morgan fingerprint density at radius 3 is 2.88 bits per heavy atom. The van der Waals surface area contributed by atoms with Crippen molar-refractivity contribution < 1.29 is 9.72 Å². The average molecular weight is 377 g/mol. The number of fused-ring (bicyclic) bond motifs is 1. The van der Waals surface area contributed by atoms with Gasteiger partial charge in [0.1, 0.15) is 11.2 Å². The lowest BCUT2D eigenvalue weighted by Gasteiger charge is -2.06. The van der Waals surface area contributed by atoms with Crippen LogP contribution in [0.5, 0.6) is 0 Å². The van der Waals surface area contributed by atoms with E-state index in [1.165, 1.54) is 23.9 Å². The first-order valence-electron chi connectivity index (χ1n) is 7.21. The molecule has 1 amide bonds. The second kappa shape index (κ2) is 7.12. The normalized spacial score (nSPS) is 10.8. The van der Waals surface area contributed by atoms with Crippen molar-refractivity contribution in [2.24, 2.45) is 0 Å². The number of carbonyl (C=O) groups excluding carboxylic acids is 1. The number of pyridine rings is 1. The number of nitro benzene ring substituents is 1. The van der Waals surface area contributed by atoms with Gasteiger partial charge in [0.25, 0.3) is 11.6 Å². The van der Waals surface area contributed by atoms with Crippen LogP contribution in [0.1, 0.15) is 16.1 Å². The quantitative estimate of drug-likeness (QED) is 0.418. The van der Waals surface area contributed by atoms with Crippen LogP contribution in [0.2, 0.25) is 5.02 Å². The van der Waals surface area contributed by atoms with E-state index in [-0.39, 0.29) is 17.8 Å². The van der Waals surface area contributed by atoms with Gasteiger partial charge in [-0.3, -0.25) is 14.9 Å². The molecule has 0 aliphatic carbocycles. The molecule has 3 aromatic rings. The summed E-state index contributed by atoms with van der Waals surface area (Å²) in [5.41, 5.74) is 1.13. The molecule has 25 heavy (non-hydrogen) atoms. The molecule has 0 aliphatic heterocycles. The Kier molecular flexibility index (Phi) is 4.91. The molecule has 0 saturated heterocycles. The van der Waals surface area contributed by atoms with Gasteiger partial charge in [-0.05, 0) is 30.5 Å². The Morgan fingerprint density at radius 1 is 1.36 bits per heavy atom. The topological polar surface area (TPSA) is 89.5 Å². The lowest BCUT2D eigenvalue weighted by molar-refractivity contribution is -0.385. The molecule has 0 saturated carbocycles. The molecule has 0 atom stereocenters. The third kappa shape index (κ3) is 3.75. The smallest absolute Gasteiger partial charge is 0.282 e. The summed E-state index contributed by atoms with van der Waals surface area (Å²) in [6, 6.07) is 7.96. The fraction of sp³-hybridized carbons (Fsp3) is 0.125. The lowest BCUT2D eigenvalue weighted by Crippen LogP contribution is -2.24. The number of rotatable bonds is 5. The summed E-state index contributed by atoms with van der Waals surface area (Å²) in [7, 11) is 0. The van der Waals surface area contributed by atoms with E-state index in [9.17, 15) is 14.9 Å². The summed E-state index contributed by atoms with van der Waals surface area (Å²) in [6.07, 6.45) is 5.29. The van der Waals surface area contributed by atoms with E-state index in [0.717, 1.165) is 4.90 Å². The van der Waals surface area contributed by atoms with Crippen molar-refractivity contribution in [2.75, 3.05) is 6.26 Å². The number of thioether (sulfide) groups is 1. The first-order chi connectivity index (χ1) is 12.0. The number of hydrogen-bond acceptors (Lipinski definition) is 5. The van der Waals surface area contributed by atoms with Gasteiger partial charge in [0.15, 0.2) is 0 Å². The van der Waals surface area contributed by atoms with Crippen molar-refractivity contribution in [3.05, 3.63) is 69.1 Å². The van der Waals surface area contributed by atoms with E-state index in [4.69, 9.17) is 11.6 Å². The number of aromatic nitrogens is 2. The van der Waals surface area contributed by atoms with Crippen molar-refractivity contribution >= 4 is 40.6 Å². The van der Waals surface area contributed by atoms with Crippen LogP contribution in [0.3, 0.4) is 0 Å². The highest BCUT2D eigenvalue weighted by Crippen LogP contribution is 2.24. The minimum absolute atomic E-state index is 0.0312. The highest BCUT2D eigenvalue weighted by atomic mass is 35.5. The van der Waals surface area contributed by atoms with Crippen LogP contribution >= 0.6 is 23.4 Å². The van der Waals surface area contributed by atoms with E-state index in [1.807, 2.05) is 6.26 Å². The van der Waals surface area contributed by atoms with Gasteiger partial charge in [0, 0.05) is 23.4 Å². The first kappa shape index (κ1) is 17.2. The molecule has 0 fully saturated rings. The fourth-order valence-corrected chi connectivity index (χ4v) is 2.96. The van der Waals surface area contributed by atoms with Crippen LogP contribution in [-0.2, 0) is 6.54 Å². The largest absolute Gasteiger partial charge is 0.346 e. The van der Waals surface area contributed by atoms with Gasteiger partial charge in [-0.2, -0.15) is 0 Å². The standard InChI is InChI=1S/C16H13ClN4O3S/c1-25-12-3-4-14(21(23)24)13(6-12)16(22)18-7-11-9-20-8-10(17)2-5-15(20)19-11/h2-6,8-9H,7H2,1H3,(H,18,22). The fourth-order valence-electron chi connectivity index (χ4n) is 2.35. The van der Waals surface area contributed by atoms with Gasteiger partial charge in [0.05, 0.1) is 22.2 Å². The molecule has 0 aliphatic rings. The van der Waals surface area contributed by atoms with Gasteiger partial charge in [-0.15, -0.1) is 11.8 Å². The summed E-state index contributed by atoms with van der Waals surface area (Å²) < 4.78 is 1.75. The SMILES string of the molecule is CSc1ccc([N+](=O)[O-])c(C(=O)NCc2cn3cc(Cl)ccc3n2)c1. The number of nitro groups is 1. The summed E-state index contributed by atoms with van der Waals surface area (Å²) in [5, 5.41) is 14.4. The van der Waals surface area contributed by atoms with Crippen LogP contribution in [0.15, 0.2) is 47.6 Å². The van der Waals surface area contributed by atoms with Crippen LogP contribution in [0, 0.1) is 10.1 Å².